The van der Waals surface area contributed by atoms with E-state index < -0.39 is 5.54 Å². The van der Waals surface area contributed by atoms with Gasteiger partial charge >= 0.3 is 0 Å². The van der Waals surface area contributed by atoms with Gasteiger partial charge in [0.15, 0.2) is 0 Å². The number of carbonyl (C=O) groups is 1. The number of rotatable bonds is 3. The standard InChI is InChI=1S/C14H14FN3O/c1-18-9-10(8-16-18)13(19)17-14(6-7-14)11-4-2-3-5-12(11)15/h2-5,8-9H,6-7H2,1H3,(H,17,19). The van der Waals surface area contributed by atoms with Gasteiger partial charge in [0.05, 0.1) is 17.3 Å². The number of amides is 1. The Morgan fingerprint density at radius 2 is 2.16 bits per heavy atom. The van der Waals surface area contributed by atoms with Gasteiger partial charge < -0.3 is 5.32 Å². The largest absolute Gasteiger partial charge is 0.342 e. The van der Waals surface area contributed by atoms with Gasteiger partial charge in [0.25, 0.3) is 5.91 Å². The third-order valence-electron chi connectivity index (χ3n) is 3.46. The zero-order chi connectivity index (χ0) is 13.5. The first-order valence-electron chi connectivity index (χ1n) is 6.17. The van der Waals surface area contributed by atoms with Gasteiger partial charge in [0, 0.05) is 18.8 Å². The van der Waals surface area contributed by atoms with E-state index in [0.717, 1.165) is 12.8 Å². The van der Waals surface area contributed by atoms with Crippen molar-refractivity contribution in [2.75, 3.05) is 0 Å². The van der Waals surface area contributed by atoms with E-state index >= 15 is 0 Å². The highest BCUT2D eigenvalue weighted by Gasteiger charge is 2.47. The molecule has 1 saturated carbocycles. The summed E-state index contributed by atoms with van der Waals surface area (Å²) >= 11 is 0. The fraction of sp³-hybridized carbons (Fsp3) is 0.286. The molecule has 1 aliphatic carbocycles. The van der Waals surface area contributed by atoms with Gasteiger partial charge in [-0.3, -0.25) is 9.48 Å². The normalized spacial score (nSPS) is 16.1. The minimum atomic E-state index is -0.543. The summed E-state index contributed by atoms with van der Waals surface area (Å²) in [6, 6.07) is 6.59. The summed E-state index contributed by atoms with van der Waals surface area (Å²) in [5, 5.41) is 6.88. The van der Waals surface area contributed by atoms with E-state index in [1.165, 1.54) is 12.3 Å². The molecule has 1 fully saturated rings. The number of nitrogens with zero attached hydrogens (tertiary/aromatic N) is 2. The van der Waals surface area contributed by atoms with Gasteiger partial charge in [-0.25, -0.2) is 4.39 Å². The van der Waals surface area contributed by atoms with Gasteiger partial charge in [0.2, 0.25) is 0 Å². The van der Waals surface area contributed by atoms with Crippen LogP contribution in [0, 0.1) is 5.82 Å². The van der Waals surface area contributed by atoms with Gasteiger partial charge in [0.1, 0.15) is 5.82 Å². The molecule has 0 atom stereocenters. The van der Waals surface area contributed by atoms with Crippen molar-refractivity contribution in [3.05, 3.63) is 53.6 Å². The lowest BCUT2D eigenvalue weighted by molar-refractivity contribution is 0.0930. The number of hydrogen-bond donors (Lipinski definition) is 1. The van der Waals surface area contributed by atoms with Crippen LogP contribution in [-0.2, 0) is 12.6 Å². The predicted molar refractivity (Wildman–Crippen MR) is 68.0 cm³/mol. The second-order valence-corrected chi connectivity index (χ2v) is 4.92. The highest BCUT2D eigenvalue weighted by atomic mass is 19.1. The molecular formula is C14H14FN3O. The summed E-state index contributed by atoms with van der Waals surface area (Å²) < 4.78 is 15.4. The van der Waals surface area contributed by atoms with E-state index in [1.54, 1.807) is 36.1 Å². The van der Waals surface area contributed by atoms with Crippen LogP contribution in [0.25, 0.3) is 0 Å². The van der Waals surface area contributed by atoms with Crippen molar-refractivity contribution in [1.82, 2.24) is 15.1 Å². The molecule has 4 nitrogen and oxygen atoms in total. The molecule has 1 aromatic carbocycles. The average Bonchev–Trinajstić information content (AvgIpc) is 3.02. The molecular weight excluding hydrogens is 245 g/mol. The highest BCUT2D eigenvalue weighted by molar-refractivity contribution is 5.94. The summed E-state index contributed by atoms with van der Waals surface area (Å²) in [4.78, 5) is 12.1. The number of aromatic nitrogens is 2. The Hall–Kier alpha value is -2.17. The number of halogens is 1. The molecule has 0 radical (unpaired) electrons. The number of nitrogens with one attached hydrogen (secondary N) is 1. The summed E-state index contributed by atoms with van der Waals surface area (Å²) in [5.41, 5.74) is 0.510. The number of aryl methyl sites for hydroxylation is 1. The third-order valence-corrected chi connectivity index (χ3v) is 3.46. The SMILES string of the molecule is Cn1cc(C(=O)NC2(c3ccccc3F)CC2)cn1. The Morgan fingerprint density at radius 1 is 1.42 bits per heavy atom. The Kier molecular flexibility index (Phi) is 2.62. The zero-order valence-electron chi connectivity index (χ0n) is 10.6. The summed E-state index contributed by atoms with van der Waals surface area (Å²) in [5.74, 6) is -0.486. The Morgan fingerprint density at radius 3 is 2.74 bits per heavy atom. The van der Waals surface area contributed by atoms with E-state index in [4.69, 9.17) is 0 Å². The van der Waals surface area contributed by atoms with Crippen LogP contribution in [0.5, 0.6) is 0 Å². The van der Waals surface area contributed by atoms with E-state index in [0.29, 0.717) is 11.1 Å². The molecule has 1 aromatic heterocycles. The zero-order valence-corrected chi connectivity index (χ0v) is 10.6. The van der Waals surface area contributed by atoms with Crippen LogP contribution < -0.4 is 5.32 Å². The van der Waals surface area contributed by atoms with E-state index in [1.807, 2.05) is 0 Å². The van der Waals surface area contributed by atoms with E-state index in [-0.39, 0.29) is 11.7 Å². The number of carbonyl (C=O) groups excluding carboxylic acids is 1. The predicted octanol–water partition coefficient (Wildman–Crippen LogP) is 1.98. The lowest BCUT2D eigenvalue weighted by Crippen LogP contribution is -2.35. The van der Waals surface area contributed by atoms with Crippen molar-refractivity contribution in [3.8, 4) is 0 Å². The lowest BCUT2D eigenvalue weighted by Gasteiger charge is -2.18. The molecule has 1 amide bonds. The summed E-state index contributed by atoms with van der Waals surface area (Å²) in [7, 11) is 1.75. The van der Waals surface area contributed by atoms with Crippen molar-refractivity contribution in [2.45, 2.75) is 18.4 Å². The smallest absolute Gasteiger partial charge is 0.255 e. The molecule has 0 bridgehead atoms. The maximum Gasteiger partial charge on any atom is 0.255 e. The van der Waals surface area contributed by atoms with Crippen LogP contribution in [0.1, 0.15) is 28.8 Å². The summed E-state index contributed by atoms with van der Waals surface area (Å²) in [6.45, 7) is 0. The fourth-order valence-corrected chi connectivity index (χ4v) is 2.26. The summed E-state index contributed by atoms with van der Waals surface area (Å²) in [6.07, 6.45) is 4.68. The van der Waals surface area contributed by atoms with Crippen LogP contribution in [-0.4, -0.2) is 15.7 Å². The second-order valence-electron chi connectivity index (χ2n) is 4.92. The van der Waals surface area contributed by atoms with Gasteiger partial charge in [-0.15, -0.1) is 0 Å². The molecule has 1 heterocycles. The molecule has 5 heteroatoms. The Balaban J connectivity index is 1.83. The minimum absolute atomic E-state index is 0.214. The topological polar surface area (TPSA) is 46.9 Å². The molecule has 0 unspecified atom stereocenters. The highest BCUT2D eigenvalue weighted by Crippen LogP contribution is 2.46. The Labute approximate surface area is 110 Å². The molecule has 2 aromatic rings. The number of hydrogen-bond acceptors (Lipinski definition) is 2. The first-order valence-corrected chi connectivity index (χ1v) is 6.17. The molecule has 0 aliphatic heterocycles. The minimum Gasteiger partial charge on any atom is -0.342 e. The van der Waals surface area contributed by atoms with Crippen LogP contribution in [0.15, 0.2) is 36.7 Å². The average molecular weight is 259 g/mol. The molecule has 19 heavy (non-hydrogen) atoms. The van der Waals surface area contributed by atoms with Gasteiger partial charge in [-0.05, 0) is 18.9 Å². The van der Waals surface area contributed by atoms with E-state index in [2.05, 4.69) is 10.4 Å². The molecule has 98 valence electrons. The first kappa shape index (κ1) is 11.9. The van der Waals surface area contributed by atoms with Crippen molar-refractivity contribution in [2.24, 2.45) is 7.05 Å². The number of benzene rings is 1. The monoisotopic (exact) mass is 259 g/mol. The first-order chi connectivity index (χ1) is 9.11. The molecule has 1 N–H and O–H groups in total. The molecule has 0 spiro atoms. The van der Waals surface area contributed by atoms with Crippen molar-refractivity contribution in [3.63, 3.8) is 0 Å². The van der Waals surface area contributed by atoms with Crippen molar-refractivity contribution in [1.29, 1.82) is 0 Å². The molecule has 0 saturated heterocycles. The van der Waals surface area contributed by atoms with Crippen LogP contribution in [0.4, 0.5) is 4.39 Å². The molecule has 1 aliphatic rings. The van der Waals surface area contributed by atoms with Crippen molar-refractivity contribution < 1.29 is 9.18 Å². The maximum absolute atomic E-state index is 13.8. The molecule has 3 rings (SSSR count). The second kappa shape index (κ2) is 4.19. The third kappa shape index (κ3) is 2.12. The van der Waals surface area contributed by atoms with Gasteiger partial charge in [-0.2, -0.15) is 5.10 Å². The maximum atomic E-state index is 13.8. The van der Waals surface area contributed by atoms with Gasteiger partial charge in [-0.1, -0.05) is 18.2 Å². The van der Waals surface area contributed by atoms with Crippen LogP contribution in [0.3, 0.4) is 0 Å². The van der Waals surface area contributed by atoms with Crippen LogP contribution >= 0.6 is 0 Å². The van der Waals surface area contributed by atoms with E-state index in [9.17, 15) is 9.18 Å². The van der Waals surface area contributed by atoms with Crippen LogP contribution in [0.2, 0.25) is 0 Å². The Bertz CT molecular complexity index is 631. The fourth-order valence-electron chi connectivity index (χ4n) is 2.26. The lowest BCUT2D eigenvalue weighted by atomic mass is 10.0. The van der Waals surface area contributed by atoms with Crippen molar-refractivity contribution >= 4 is 5.91 Å². The quantitative estimate of drug-likeness (QED) is 0.916.